The van der Waals surface area contributed by atoms with Gasteiger partial charge in [-0.25, -0.2) is 13.6 Å². The third-order valence-corrected chi connectivity index (χ3v) is 6.08. The lowest BCUT2D eigenvalue weighted by molar-refractivity contribution is 0.0696. The monoisotopic (exact) mass is 406 g/mol. The van der Waals surface area contributed by atoms with Gasteiger partial charge in [-0.05, 0) is 45.1 Å². The Morgan fingerprint density at radius 2 is 1.93 bits per heavy atom. The quantitative estimate of drug-likeness (QED) is 0.719. The van der Waals surface area contributed by atoms with Gasteiger partial charge in [0.1, 0.15) is 22.9 Å². The molecule has 1 aromatic heterocycles. The van der Waals surface area contributed by atoms with Crippen LogP contribution in [0.5, 0.6) is 0 Å². The fourth-order valence-electron chi connectivity index (χ4n) is 4.28. The van der Waals surface area contributed by atoms with E-state index in [4.69, 9.17) is 11.5 Å². The minimum absolute atomic E-state index is 0.0575. The first-order valence-electron chi connectivity index (χ1n) is 9.65. The molecule has 7 nitrogen and oxygen atoms in total. The number of anilines is 2. The van der Waals surface area contributed by atoms with Gasteiger partial charge in [0.05, 0.1) is 10.9 Å². The largest absolute Gasteiger partial charge is 0.477 e. The van der Waals surface area contributed by atoms with Crippen LogP contribution in [0.4, 0.5) is 20.3 Å². The molecule has 2 aliphatic rings. The fourth-order valence-corrected chi connectivity index (χ4v) is 4.28. The van der Waals surface area contributed by atoms with Crippen LogP contribution in [0.2, 0.25) is 0 Å². The van der Waals surface area contributed by atoms with Crippen molar-refractivity contribution >= 4 is 28.4 Å². The van der Waals surface area contributed by atoms with Crippen LogP contribution >= 0.6 is 0 Å². The molecular weight excluding hydrogens is 382 g/mol. The second-order valence-corrected chi connectivity index (χ2v) is 8.67. The molecule has 1 aliphatic heterocycles. The average molecular weight is 406 g/mol. The van der Waals surface area contributed by atoms with E-state index in [9.17, 15) is 19.1 Å². The summed E-state index contributed by atoms with van der Waals surface area (Å²) in [5, 5.41) is 9.09. The Morgan fingerprint density at radius 3 is 2.45 bits per heavy atom. The summed E-state index contributed by atoms with van der Waals surface area (Å²) in [5.74, 6) is -3.53. The maximum absolute atomic E-state index is 15.7. The number of benzene rings is 1. The molecule has 29 heavy (non-hydrogen) atoms. The summed E-state index contributed by atoms with van der Waals surface area (Å²) in [6, 6.07) is 0.722. The van der Waals surface area contributed by atoms with Crippen molar-refractivity contribution in [2.75, 3.05) is 23.7 Å². The number of carbonyl (C=O) groups is 1. The smallest absolute Gasteiger partial charge is 0.343 e. The molecule has 2 fully saturated rings. The number of nitrogens with two attached hydrogens (primary N) is 2. The predicted octanol–water partition coefficient (Wildman–Crippen LogP) is 2.46. The number of aromatic carboxylic acids is 1. The third-order valence-electron chi connectivity index (χ3n) is 6.08. The van der Waals surface area contributed by atoms with Crippen molar-refractivity contribution in [2.24, 2.45) is 11.7 Å². The van der Waals surface area contributed by atoms with E-state index in [1.807, 2.05) is 13.8 Å². The van der Waals surface area contributed by atoms with Gasteiger partial charge < -0.3 is 26.0 Å². The summed E-state index contributed by atoms with van der Waals surface area (Å²) in [7, 11) is 0. The lowest BCUT2D eigenvalue weighted by atomic mass is 9.88. The average Bonchev–Trinajstić information content (AvgIpc) is 3.31. The van der Waals surface area contributed by atoms with E-state index in [1.54, 1.807) is 4.90 Å². The molecule has 1 aliphatic carbocycles. The summed E-state index contributed by atoms with van der Waals surface area (Å²) in [6.07, 6.45) is 2.05. The zero-order chi connectivity index (χ0) is 21.2. The highest BCUT2D eigenvalue weighted by Gasteiger charge is 2.37. The van der Waals surface area contributed by atoms with Gasteiger partial charge in [-0.2, -0.15) is 0 Å². The van der Waals surface area contributed by atoms with Crippen molar-refractivity contribution in [1.29, 1.82) is 0 Å². The van der Waals surface area contributed by atoms with Crippen molar-refractivity contribution < 1.29 is 18.7 Å². The lowest BCUT2D eigenvalue weighted by Crippen LogP contribution is -2.42. The molecule has 2 heterocycles. The minimum atomic E-state index is -1.51. The van der Waals surface area contributed by atoms with Gasteiger partial charge in [0.25, 0.3) is 0 Å². The second kappa shape index (κ2) is 6.41. The molecule has 1 saturated heterocycles. The van der Waals surface area contributed by atoms with Gasteiger partial charge >= 0.3 is 5.97 Å². The Hall–Kier alpha value is -2.68. The highest BCUT2D eigenvalue weighted by molar-refractivity contribution is 5.99. The normalized spacial score (nSPS) is 19.9. The van der Waals surface area contributed by atoms with E-state index >= 15 is 4.39 Å². The van der Waals surface area contributed by atoms with Gasteiger partial charge in [0, 0.05) is 24.7 Å². The second-order valence-electron chi connectivity index (χ2n) is 8.67. The van der Waals surface area contributed by atoms with E-state index in [0.29, 0.717) is 32.4 Å². The van der Waals surface area contributed by atoms with Gasteiger partial charge in [-0.15, -0.1) is 0 Å². The number of aromatic nitrogens is 1. The first-order chi connectivity index (χ1) is 13.5. The molecule has 2 aromatic rings. The topological polar surface area (TPSA) is 115 Å². The number of halogens is 2. The standard InChI is InChI=1S/C20H24F2N4O3/c1-20(2,24)9-5-6-25(8-9)16-12(21)7-11-15(14(16)22)26(10-3-4-10)18(23)13(17(11)27)19(28)29/h7,9-10H,3-6,8,23-24H2,1-2H3,(H,28,29). The Labute approximate surface area is 165 Å². The van der Waals surface area contributed by atoms with Crippen molar-refractivity contribution in [3.8, 4) is 0 Å². The van der Waals surface area contributed by atoms with Crippen molar-refractivity contribution in [2.45, 2.75) is 44.7 Å². The molecule has 156 valence electrons. The molecule has 0 bridgehead atoms. The molecule has 5 N–H and O–H groups in total. The highest BCUT2D eigenvalue weighted by Crippen LogP contribution is 2.42. The summed E-state index contributed by atoms with van der Waals surface area (Å²) in [5.41, 5.74) is 9.67. The maximum atomic E-state index is 15.7. The maximum Gasteiger partial charge on any atom is 0.343 e. The number of rotatable bonds is 4. The summed E-state index contributed by atoms with van der Waals surface area (Å²) >= 11 is 0. The third kappa shape index (κ3) is 3.04. The van der Waals surface area contributed by atoms with Crippen molar-refractivity contribution in [3.05, 3.63) is 33.5 Å². The van der Waals surface area contributed by atoms with E-state index in [2.05, 4.69) is 0 Å². The zero-order valence-corrected chi connectivity index (χ0v) is 16.3. The van der Waals surface area contributed by atoms with Crippen LogP contribution in [0.25, 0.3) is 10.9 Å². The minimum Gasteiger partial charge on any atom is -0.477 e. The first kappa shape index (κ1) is 19.6. The molecule has 4 rings (SSSR count). The van der Waals surface area contributed by atoms with Crippen LogP contribution in [-0.4, -0.2) is 34.3 Å². The number of carboxylic acid groups (broad SMARTS) is 1. The molecule has 0 spiro atoms. The summed E-state index contributed by atoms with van der Waals surface area (Å²) in [6.45, 7) is 4.58. The van der Waals surface area contributed by atoms with Crippen LogP contribution in [-0.2, 0) is 0 Å². The van der Waals surface area contributed by atoms with Crippen molar-refractivity contribution in [1.82, 2.24) is 4.57 Å². The van der Waals surface area contributed by atoms with Gasteiger partial charge in [0.15, 0.2) is 5.82 Å². The molecule has 9 heteroatoms. The Morgan fingerprint density at radius 1 is 1.28 bits per heavy atom. The molecule has 1 unspecified atom stereocenters. The molecule has 0 radical (unpaired) electrons. The van der Waals surface area contributed by atoms with Crippen LogP contribution < -0.4 is 21.8 Å². The Bertz CT molecular complexity index is 1090. The highest BCUT2D eigenvalue weighted by atomic mass is 19.1. The van der Waals surface area contributed by atoms with E-state index < -0.39 is 34.1 Å². The van der Waals surface area contributed by atoms with Gasteiger partial charge in [0.2, 0.25) is 5.43 Å². The molecule has 1 aromatic carbocycles. The zero-order valence-electron chi connectivity index (χ0n) is 16.3. The SMILES string of the molecule is CC(C)(N)C1CCN(c2c(F)cc3c(=O)c(C(=O)O)c(N)n(C4CC4)c3c2F)C1. The number of nitrogens with zero attached hydrogens (tertiary/aromatic N) is 2. The van der Waals surface area contributed by atoms with Crippen molar-refractivity contribution in [3.63, 3.8) is 0 Å². The summed E-state index contributed by atoms with van der Waals surface area (Å²) in [4.78, 5) is 25.8. The predicted molar refractivity (Wildman–Crippen MR) is 106 cm³/mol. The number of fused-ring (bicyclic) bond motifs is 1. The molecular formula is C20H24F2N4O3. The van der Waals surface area contributed by atoms with E-state index in [-0.39, 0.29) is 34.4 Å². The van der Waals surface area contributed by atoms with Gasteiger partial charge in [-0.1, -0.05) is 0 Å². The number of carboxylic acids is 1. The first-order valence-corrected chi connectivity index (χ1v) is 9.65. The van der Waals surface area contributed by atoms with Crippen LogP contribution in [0.1, 0.15) is 49.5 Å². The van der Waals surface area contributed by atoms with Crippen LogP contribution in [0.3, 0.4) is 0 Å². The molecule has 0 amide bonds. The molecule has 1 saturated carbocycles. The number of hydrogen-bond acceptors (Lipinski definition) is 5. The number of pyridine rings is 1. The van der Waals surface area contributed by atoms with E-state index in [1.165, 1.54) is 4.57 Å². The van der Waals surface area contributed by atoms with E-state index in [0.717, 1.165) is 6.07 Å². The lowest BCUT2D eigenvalue weighted by Gasteiger charge is -2.28. The van der Waals surface area contributed by atoms with Crippen LogP contribution in [0.15, 0.2) is 10.9 Å². The number of hydrogen-bond donors (Lipinski definition) is 3. The Kier molecular flexibility index (Phi) is 4.34. The molecule has 1 atom stereocenters. The van der Waals surface area contributed by atoms with Crippen LogP contribution in [0, 0.1) is 17.6 Å². The van der Waals surface area contributed by atoms with Gasteiger partial charge in [-0.3, -0.25) is 4.79 Å². The number of nitrogen functional groups attached to an aromatic ring is 1. The fraction of sp³-hybridized carbons (Fsp3) is 0.500. The summed E-state index contributed by atoms with van der Waals surface area (Å²) < 4.78 is 32.0. The Balaban J connectivity index is 1.96.